The molecule has 4 rings (SSSR count). The number of amides is 1. The molecule has 2 atom stereocenters. The van der Waals surface area contributed by atoms with Gasteiger partial charge in [-0.15, -0.1) is 0 Å². The number of nitrogens with zero attached hydrogens (tertiary/aromatic N) is 2. The van der Waals surface area contributed by atoms with Gasteiger partial charge in [-0.3, -0.25) is 4.79 Å². The van der Waals surface area contributed by atoms with Crippen LogP contribution in [-0.2, 0) is 16.1 Å². The zero-order valence-corrected chi connectivity index (χ0v) is 14.7. The summed E-state index contributed by atoms with van der Waals surface area (Å²) in [5.74, 6) is 0.440. The highest BCUT2D eigenvalue weighted by Gasteiger charge is 2.25. The van der Waals surface area contributed by atoms with E-state index in [1.54, 1.807) is 0 Å². The number of hydrogen-bond donors (Lipinski definition) is 1. The number of hydrogen-bond acceptors (Lipinski definition) is 3. The molecule has 2 aromatic rings. The monoisotopic (exact) mass is 339 g/mol. The summed E-state index contributed by atoms with van der Waals surface area (Å²) >= 11 is 0. The standard InChI is InChI=1S/C20H25N3O2/c1-14-19-18(5-2-10-23(19)13-21-14)15-6-8-17(9-7-15)22-20(24)16-4-3-11-25-12-16/h6-9,13,16,18H,2-5,10-12H2,1H3,(H,22,24)/t16-,18-/m1/s1. The van der Waals surface area contributed by atoms with E-state index in [0.717, 1.165) is 43.8 Å². The molecule has 1 aromatic heterocycles. The van der Waals surface area contributed by atoms with E-state index in [0.29, 0.717) is 12.5 Å². The fraction of sp³-hybridized carbons (Fsp3) is 0.500. The second-order valence-corrected chi connectivity index (χ2v) is 7.13. The summed E-state index contributed by atoms with van der Waals surface area (Å²) < 4.78 is 7.69. The maximum absolute atomic E-state index is 12.3. The van der Waals surface area contributed by atoms with Crippen molar-refractivity contribution in [2.75, 3.05) is 18.5 Å². The molecule has 0 aliphatic carbocycles. The summed E-state index contributed by atoms with van der Waals surface area (Å²) in [5.41, 5.74) is 4.62. The Kier molecular flexibility index (Phi) is 4.57. The van der Waals surface area contributed by atoms with Crippen LogP contribution in [0.15, 0.2) is 30.6 Å². The first kappa shape index (κ1) is 16.3. The van der Waals surface area contributed by atoms with E-state index in [4.69, 9.17) is 4.74 Å². The minimum Gasteiger partial charge on any atom is -0.381 e. The van der Waals surface area contributed by atoms with Crippen molar-refractivity contribution >= 4 is 11.6 Å². The molecule has 1 amide bonds. The number of fused-ring (bicyclic) bond motifs is 1. The lowest BCUT2D eigenvalue weighted by Gasteiger charge is -2.25. The average Bonchev–Trinajstić information content (AvgIpc) is 3.04. The first-order valence-corrected chi connectivity index (χ1v) is 9.22. The normalized spacial score (nSPS) is 23.1. The lowest BCUT2D eigenvalue weighted by Crippen LogP contribution is -2.30. The molecule has 5 heteroatoms. The third-order valence-corrected chi connectivity index (χ3v) is 5.40. The molecule has 2 aliphatic heterocycles. The highest BCUT2D eigenvalue weighted by molar-refractivity contribution is 5.92. The molecule has 132 valence electrons. The Balaban J connectivity index is 1.47. The summed E-state index contributed by atoms with van der Waals surface area (Å²) in [5, 5.41) is 3.03. The molecule has 1 saturated heterocycles. The lowest BCUT2D eigenvalue weighted by atomic mass is 9.87. The van der Waals surface area contributed by atoms with Crippen LogP contribution in [0.1, 0.15) is 48.6 Å². The number of imidazole rings is 1. The van der Waals surface area contributed by atoms with Crippen LogP contribution in [0.2, 0.25) is 0 Å². The van der Waals surface area contributed by atoms with Crippen LogP contribution in [0.25, 0.3) is 0 Å². The van der Waals surface area contributed by atoms with E-state index >= 15 is 0 Å². The van der Waals surface area contributed by atoms with Crippen LogP contribution in [0.5, 0.6) is 0 Å². The van der Waals surface area contributed by atoms with Gasteiger partial charge in [0.2, 0.25) is 5.91 Å². The molecule has 1 N–H and O–H groups in total. The van der Waals surface area contributed by atoms with Gasteiger partial charge in [-0.05, 0) is 50.3 Å². The first-order valence-electron chi connectivity index (χ1n) is 9.22. The molecule has 5 nitrogen and oxygen atoms in total. The van der Waals surface area contributed by atoms with Gasteiger partial charge in [-0.1, -0.05) is 12.1 Å². The van der Waals surface area contributed by atoms with Crippen molar-refractivity contribution in [2.45, 2.75) is 45.1 Å². The van der Waals surface area contributed by atoms with Crippen molar-refractivity contribution in [3.05, 3.63) is 47.5 Å². The van der Waals surface area contributed by atoms with Crippen LogP contribution in [0.3, 0.4) is 0 Å². The predicted octanol–water partition coefficient (Wildman–Crippen LogP) is 3.48. The van der Waals surface area contributed by atoms with Crippen molar-refractivity contribution in [1.29, 1.82) is 0 Å². The summed E-state index contributed by atoms with van der Waals surface area (Å²) in [6.45, 7) is 4.46. The van der Waals surface area contributed by atoms with E-state index in [9.17, 15) is 4.79 Å². The van der Waals surface area contributed by atoms with Crippen LogP contribution < -0.4 is 5.32 Å². The molecular weight excluding hydrogens is 314 g/mol. The number of ether oxygens (including phenoxy) is 1. The van der Waals surface area contributed by atoms with Crippen LogP contribution >= 0.6 is 0 Å². The van der Waals surface area contributed by atoms with Gasteiger partial charge in [-0.2, -0.15) is 0 Å². The van der Waals surface area contributed by atoms with Gasteiger partial charge >= 0.3 is 0 Å². The maximum Gasteiger partial charge on any atom is 0.229 e. The molecule has 0 unspecified atom stereocenters. The number of rotatable bonds is 3. The zero-order chi connectivity index (χ0) is 17.2. The van der Waals surface area contributed by atoms with E-state index < -0.39 is 0 Å². The Bertz CT molecular complexity index is 745. The van der Waals surface area contributed by atoms with Crippen LogP contribution in [-0.4, -0.2) is 28.7 Å². The minimum absolute atomic E-state index is 0.0243. The zero-order valence-electron chi connectivity index (χ0n) is 14.7. The summed E-state index contributed by atoms with van der Waals surface area (Å²) in [6.07, 6.45) is 6.16. The third kappa shape index (κ3) is 3.33. The Hall–Kier alpha value is -2.14. The molecule has 0 bridgehead atoms. The molecule has 0 radical (unpaired) electrons. The fourth-order valence-corrected chi connectivity index (χ4v) is 4.04. The van der Waals surface area contributed by atoms with Gasteiger partial charge in [0.05, 0.1) is 24.5 Å². The third-order valence-electron chi connectivity index (χ3n) is 5.40. The number of nitrogens with one attached hydrogen (secondary N) is 1. The Morgan fingerprint density at radius 1 is 1.24 bits per heavy atom. The van der Waals surface area contributed by atoms with E-state index in [-0.39, 0.29) is 11.8 Å². The molecule has 25 heavy (non-hydrogen) atoms. The number of aromatic nitrogens is 2. The van der Waals surface area contributed by atoms with Gasteiger partial charge in [-0.25, -0.2) is 4.98 Å². The van der Waals surface area contributed by atoms with E-state index in [2.05, 4.69) is 33.9 Å². The molecular formula is C20H25N3O2. The quantitative estimate of drug-likeness (QED) is 0.931. The smallest absolute Gasteiger partial charge is 0.229 e. The summed E-state index contributed by atoms with van der Waals surface area (Å²) in [7, 11) is 0. The van der Waals surface area contributed by atoms with Crippen molar-refractivity contribution in [3.63, 3.8) is 0 Å². The Morgan fingerprint density at radius 3 is 2.84 bits per heavy atom. The number of carbonyl (C=O) groups excluding carboxylic acids is 1. The molecule has 3 heterocycles. The van der Waals surface area contributed by atoms with E-state index in [1.807, 2.05) is 18.5 Å². The number of benzene rings is 1. The largest absolute Gasteiger partial charge is 0.381 e. The minimum atomic E-state index is -0.0243. The predicted molar refractivity (Wildman–Crippen MR) is 96.7 cm³/mol. The van der Waals surface area contributed by atoms with Crippen LogP contribution in [0.4, 0.5) is 5.69 Å². The molecule has 1 aromatic carbocycles. The number of carbonyl (C=O) groups is 1. The summed E-state index contributed by atoms with van der Waals surface area (Å²) in [4.78, 5) is 16.8. The van der Waals surface area contributed by atoms with Crippen LogP contribution in [0, 0.1) is 12.8 Å². The molecule has 0 spiro atoms. The fourth-order valence-electron chi connectivity index (χ4n) is 4.04. The lowest BCUT2D eigenvalue weighted by molar-refractivity contribution is -0.123. The second-order valence-electron chi connectivity index (χ2n) is 7.13. The highest BCUT2D eigenvalue weighted by atomic mass is 16.5. The van der Waals surface area contributed by atoms with Crippen molar-refractivity contribution in [2.24, 2.45) is 5.92 Å². The van der Waals surface area contributed by atoms with Gasteiger partial charge in [0.25, 0.3) is 0 Å². The number of anilines is 1. The van der Waals surface area contributed by atoms with E-state index in [1.165, 1.54) is 17.7 Å². The van der Waals surface area contributed by atoms with Crippen molar-refractivity contribution < 1.29 is 9.53 Å². The topological polar surface area (TPSA) is 56.2 Å². The summed E-state index contributed by atoms with van der Waals surface area (Å²) in [6, 6.07) is 8.31. The molecule has 2 aliphatic rings. The second kappa shape index (κ2) is 7.00. The van der Waals surface area contributed by atoms with Gasteiger partial charge < -0.3 is 14.6 Å². The Morgan fingerprint density at radius 2 is 2.08 bits per heavy atom. The van der Waals surface area contributed by atoms with Crippen molar-refractivity contribution in [3.8, 4) is 0 Å². The SMILES string of the molecule is Cc1ncn2c1[C@@H](c1ccc(NC(=O)[C@@H]3CCCOC3)cc1)CCC2. The first-order chi connectivity index (χ1) is 12.2. The highest BCUT2D eigenvalue weighted by Crippen LogP contribution is 2.35. The van der Waals surface area contributed by atoms with Gasteiger partial charge in [0.15, 0.2) is 0 Å². The maximum atomic E-state index is 12.3. The Labute approximate surface area is 148 Å². The molecule has 0 saturated carbocycles. The van der Waals surface area contributed by atoms with Gasteiger partial charge in [0.1, 0.15) is 0 Å². The van der Waals surface area contributed by atoms with Gasteiger partial charge in [0, 0.05) is 30.5 Å². The molecule has 1 fully saturated rings. The average molecular weight is 339 g/mol. The van der Waals surface area contributed by atoms with Crippen molar-refractivity contribution in [1.82, 2.24) is 9.55 Å². The number of aryl methyl sites for hydroxylation is 2.